The fraction of sp³-hybridized carbons (Fsp3) is 1.00. The van der Waals surface area contributed by atoms with E-state index in [1.165, 1.54) is 0 Å². The number of aliphatic hydroxyl groups excluding tert-OH is 2. The maximum atomic E-state index is 11.0. The van der Waals surface area contributed by atoms with Gasteiger partial charge in [-0.2, -0.15) is 0 Å². The summed E-state index contributed by atoms with van der Waals surface area (Å²) in [5.41, 5.74) is 0. The highest BCUT2D eigenvalue weighted by atomic mass is 32.2. The van der Waals surface area contributed by atoms with Crippen molar-refractivity contribution < 1.29 is 18.6 Å². The first-order chi connectivity index (χ1) is 5.55. The second-order valence-corrected chi connectivity index (χ2v) is 5.08. The molecular weight excluding hydrogens is 182 g/mol. The van der Waals surface area contributed by atoms with Crippen molar-refractivity contribution in [2.24, 2.45) is 0 Å². The van der Waals surface area contributed by atoms with Crippen molar-refractivity contribution in [2.75, 3.05) is 24.7 Å². The average molecular weight is 195 g/mol. The van der Waals surface area contributed by atoms with Crippen LogP contribution in [0.4, 0.5) is 0 Å². The molecule has 72 valence electrons. The summed E-state index contributed by atoms with van der Waals surface area (Å²) in [4.78, 5) is 0. The molecule has 0 unspecified atom stereocenters. The summed E-state index contributed by atoms with van der Waals surface area (Å²) < 4.78 is 21.9. The Hall–Kier alpha value is -0.170. The van der Waals surface area contributed by atoms with Gasteiger partial charge < -0.3 is 15.5 Å². The summed E-state index contributed by atoms with van der Waals surface area (Å²) in [6.07, 6.45) is -0.832. The van der Waals surface area contributed by atoms with Crippen LogP contribution in [0.3, 0.4) is 0 Å². The van der Waals surface area contributed by atoms with Crippen LogP contribution in [0.15, 0.2) is 0 Å². The van der Waals surface area contributed by atoms with Gasteiger partial charge in [0.05, 0.1) is 24.2 Å². The van der Waals surface area contributed by atoms with Crippen molar-refractivity contribution >= 4 is 9.84 Å². The molecule has 2 atom stereocenters. The minimum atomic E-state index is -3.07. The highest BCUT2D eigenvalue weighted by Gasteiger charge is 2.35. The van der Waals surface area contributed by atoms with Gasteiger partial charge in [-0.3, -0.25) is 0 Å². The molecule has 0 aromatic carbocycles. The Morgan fingerprint density at radius 2 is 2.08 bits per heavy atom. The third-order valence-electron chi connectivity index (χ3n) is 1.84. The number of rotatable bonds is 3. The van der Waals surface area contributed by atoms with Crippen LogP contribution < -0.4 is 5.32 Å². The summed E-state index contributed by atoms with van der Waals surface area (Å²) in [5, 5.41) is 20.4. The lowest BCUT2D eigenvalue weighted by molar-refractivity contribution is 0.161. The number of hydrogen-bond acceptors (Lipinski definition) is 5. The SMILES string of the molecule is O=S1(=O)C[C@@H](O)[C@@H](NCCO)C1. The molecule has 1 saturated heterocycles. The van der Waals surface area contributed by atoms with Gasteiger partial charge in [0.1, 0.15) is 0 Å². The zero-order valence-electron chi connectivity index (χ0n) is 6.60. The van der Waals surface area contributed by atoms with Crippen molar-refractivity contribution in [2.45, 2.75) is 12.1 Å². The van der Waals surface area contributed by atoms with E-state index in [2.05, 4.69) is 5.32 Å². The van der Waals surface area contributed by atoms with Gasteiger partial charge in [0.25, 0.3) is 0 Å². The Kier molecular flexibility index (Phi) is 3.05. The van der Waals surface area contributed by atoms with Crippen LogP contribution in [0.2, 0.25) is 0 Å². The normalized spacial score (nSPS) is 33.8. The van der Waals surface area contributed by atoms with E-state index in [9.17, 15) is 13.5 Å². The highest BCUT2D eigenvalue weighted by molar-refractivity contribution is 7.91. The number of sulfone groups is 1. The van der Waals surface area contributed by atoms with Gasteiger partial charge in [-0.05, 0) is 0 Å². The third kappa shape index (κ3) is 2.41. The molecule has 3 N–H and O–H groups in total. The average Bonchev–Trinajstić information content (AvgIpc) is 2.20. The first-order valence-corrected chi connectivity index (χ1v) is 5.60. The maximum absolute atomic E-state index is 11.0. The molecule has 6 heteroatoms. The first-order valence-electron chi connectivity index (χ1n) is 3.78. The zero-order valence-corrected chi connectivity index (χ0v) is 7.42. The minimum absolute atomic E-state index is 0.0336. The molecule has 0 radical (unpaired) electrons. The lowest BCUT2D eigenvalue weighted by Gasteiger charge is -2.12. The van der Waals surface area contributed by atoms with Gasteiger partial charge in [0.15, 0.2) is 9.84 Å². The van der Waals surface area contributed by atoms with E-state index in [1.54, 1.807) is 0 Å². The van der Waals surface area contributed by atoms with Gasteiger partial charge in [0.2, 0.25) is 0 Å². The van der Waals surface area contributed by atoms with Crippen molar-refractivity contribution in [3.05, 3.63) is 0 Å². The minimum Gasteiger partial charge on any atom is -0.395 e. The van der Waals surface area contributed by atoms with E-state index in [0.29, 0.717) is 6.54 Å². The fourth-order valence-corrected chi connectivity index (χ4v) is 3.05. The molecule has 12 heavy (non-hydrogen) atoms. The molecule has 0 aliphatic carbocycles. The van der Waals surface area contributed by atoms with E-state index in [1.807, 2.05) is 0 Å². The number of hydrogen-bond donors (Lipinski definition) is 3. The van der Waals surface area contributed by atoms with Crippen molar-refractivity contribution in [3.63, 3.8) is 0 Å². The van der Waals surface area contributed by atoms with Crippen molar-refractivity contribution in [3.8, 4) is 0 Å². The Balaban J connectivity index is 2.47. The van der Waals surface area contributed by atoms with E-state index in [0.717, 1.165) is 0 Å². The largest absolute Gasteiger partial charge is 0.395 e. The van der Waals surface area contributed by atoms with Gasteiger partial charge in [-0.1, -0.05) is 0 Å². The van der Waals surface area contributed by atoms with Crippen LogP contribution in [-0.4, -0.2) is 55.4 Å². The summed E-state index contributed by atoms with van der Waals surface area (Å²) >= 11 is 0. The van der Waals surface area contributed by atoms with Gasteiger partial charge in [-0.15, -0.1) is 0 Å². The van der Waals surface area contributed by atoms with Gasteiger partial charge in [-0.25, -0.2) is 8.42 Å². The van der Waals surface area contributed by atoms with Crippen LogP contribution in [0.25, 0.3) is 0 Å². The Morgan fingerprint density at radius 1 is 1.42 bits per heavy atom. The summed E-state index contributed by atoms with van der Waals surface area (Å²) in [6, 6.07) is -0.415. The van der Waals surface area contributed by atoms with Crippen molar-refractivity contribution in [1.29, 1.82) is 0 Å². The van der Waals surface area contributed by atoms with Crippen LogP contribution in [0.5, 0.6) is 0 Å². The second kappa shape index (κ2) is 3.69. The smallest absolute Gasteiger partial charge is 0.154 e. The number of aliphatic hydroxyl groups is 2. The molecule has 0 aromatic rings. The fourth-order valence-electron chi connectivity index (χ4n) is 1.27. The van der Waals surface area contributed by atoms with E-state index < -0.39 is 22.0 Å². The zero-order chi connectivity index (χ0) is 9.19. The predicted molar refractivity (Wildman–Crippen MR) is 43.5 cm³/mol. The molecule has 1 rings (SSSR count). The first kappa shape index (κ1) is 9.91. The molecule has 0 bridgehead atoms. The third-order valence-corrected chi connectivity index (χ3v) is 3.56. The van der Waals surface area contributed by atoms with Crippen LogP contribution in [-0.2, 0) is 9.84 Å². The Labute approximate surface area is 71.3 Å². The molecule has 0 saturated carbocycles. The molecule has 5 nitrogen and oxygen atoms in total. The van der Waals surface area contributed by atoms with E-state index >= 15 is 0 Å². The van der Waals surface area contributed by atoms with Crippen LogP contribution in [0.1, 0.15) is 0 Å². The summed E-state index contributed by atoms with van der Waals surface area (Å²) in [6.45, 7) is 0.264. The molecule has 0 spiro atoms. The summed E-state index contributed by atoms with van der Waals surface area (Å²) in [7, 11) is -3.07. The molecule has 1 aliphatic rings. The van der Waals surface area contributed by atoms with E-state index in [4.69, 9.17) is 5.11 Å². The monoisotopic (exact) mass is 195 g/mol. The number of nitrogens with one attached hydrogen (secondary N) is 1. The molecule has 1 aliphatic heterocycles. The maximum Gasteiger partial charge on any atom is 0.154 e. The lowest BCUT2D eigenvalue weighted by atomic mass is 10.2. The molecular formula is C6H13NO4S. The van der Waals surface area contributed by atoms with Crippen molar-refractivity contribution in [1.82, 2.24) is 5.32 Å². The highest BCUT2D eigenvalue weighted by Crippen LogP contribution is 2.11. The molecule has 1 heterocycles. The second-order valence-electron chi connectivity index (χ2n) is 2.93. The van der Waals surface area contributed by atoms with Crippen LogP contribution >= 0.6 is 0 Å². The quantitative estimate of drug-likeness (QED) is 0.472. The van der Waals surface area contributed by atoms with Gasteiger partial charge >= 0.3 is 0 Å². The summed E-state index contributed by atoms with van der Waals surface area (Å²) in [5.74, 6) is -0.204. The lowest BCUT2D eigenvalue weighted by Crippen LogP contribution is -2.40. The van der Waals surface area contributed by atoms with E-state index in [-0.39, 0.29) is 18.1 Å². The van der Waals surface area contributed by atoms with Gasteiger partial charge in [0, 0.05) is 12.6 Å². The Morgan fingerprint density at radius 3 is 2.50 bits per heavy atom. The van der Waals surface area contributed by atoms with Crippen LogP contribution in [0, 0.1) is 0 Å². The molecule has 0 aromatic heterocycles. The topological polar surface area (TPSA) is 86.6 Å². The Bertz CT molecular complexity index is 238. The standard InChI is InChI=1S/C6H13NO4S/c8-2-1-7-5-3-12(10,11)4-6(5)9/h5-9H,1-4H2/t5-,6+/m0/s1. The molecule has 1 fully saturated rings. The molecule has 0 amide bonds. The predicted octanol–water partition coefficient (Wildman–Crippen LogP) is -2.27.